The molecule has 0 saturated carbocycles. The maximum absolute atomic E-state index is 13.8. The molecule has 0 fully saturated rings. The molecule has 2 aromatic rings. The van der Waals surface area contributed by atoms with Crippen LogP contribution < -0.4 is 9.47 Å². The normalized spacial score (nSPS) is 20.6. The van der Waals surface area contributed by atoms with Gasteiger partial charge >= 0.3 is 0 Å². The molecular weight excluding hydrogens is 278 g/mol. The number of halogens is 2. The van der Waals surface area contributed by atoms with Crippen molar-refractivity contribution in [3.63, 3.8) is 0 Å². The highest BCUT2D eigenvalue weighted by atomic mass is 19.1. The number of rotatable bonds is 2. The van der Waals surface area contributed by atoms with Crippen LogP contribution in [0.25, 0.3) is 0 Å². The molecule has 0 saturated heterocycles. The van der Waals surface area contributed by atoms with Crippen LogP contribution in [0.1, 0.15) is 29.8 Å². The van der Waals surface area contributed by atoms with Gasteiger partial charge in [-0.3, -0.25) is 0 Å². The summed E-state index contributed by atoms with van der Waals surface area (Å²) >= 11 is 0. The number of hydrogen-bond donors (Lipinski definition) is 1. The van der Waals surface area contributed by atoms with E-state index in [1.807, 2.05) is 0 Å². The zero-order valence-electron chi connectivity index (χ0n) is 11.3. The highest BCUT2D eigenvalue weighted by Crippen LogP contribution is 2.41. The van der Waals surface area contributed by atoms with Crippen molar-refractivity contribution >= 4 is 0 Å². The SMILES string of the molecule is COc1ccc(C2CC(O)c3ccc(F)cc3O2)cc1F. The Morgan fingerprint density at radius 1 is 1.19 bits per heavy atom. The van der Waals surface area contributed by atoms with Gasteiger partial charge in [-0.2, -0.15) is 0 Å². The molecule has 3 rings (SSSR count). The Balaban J connectivity index is 1.93. The van der Waals surface area contributed by atoms with Gasteiger partial charge in [0.05, 0.1) is 13.2 Å². The summed E-state index contributed by atoms with van der Waals surface area (Å²) in [6.45, 7) is 0. The molecule has 2 atom stereocenters. The van der Waals surface area contributed by atoms with Crippen LogP contribution in [-0.2, 0) is 0 Å². The van der Waals surface area contributed by atoms with E-state index in [1.54, 1.807) is 6.07 Å². The first kappa shape index (κ1) is 13.8. The number of fused-ring (bicyclic) bond motifs is 1. The van der Waals surface area contributed by atoms with Gasteiger partial charge in [0, 0.05) is 18.1 Å². The summed E-state index contributed by atoms with van der Waals surface area (Å²) in [4.78, 5) is 0. The van der Waals surface area contributed by atoms with Crippen LogP contribution in [0, 0.1) is 11.6 Å². The molecule has 110 valence electrons. The second-order valence-corrected chi connectivity index (χ2v) is 4.93. The third kappa shape index (κ3) is 2.56. The average Bonchev–Trinajstić information content (AvgIpc) is 2.46. The number of ether oxygens (including phenoxy) is 2. The Bertz CT molecular complexity index is 673. The van der Waals surface area contributed by atoms with Crippen molar-refractivity contribution in [1.82, 2.24) is 0 Å². The number of aliphatic hydroxyl groups excluding tert-OH is 1. The van der Waals surface area contributed by atoms with E-state index in [1.165, 1.54) is 37.4 Å². The van der Waals surface area contributed by atoms with Crippen molar-refractivity contribution in [3.8, 4) is 11.5 Å². The smallest absolute Gasteiger partial charge is 0.165 e. The lowest BCUT2D eigenvalue weighted by atomic mass is 9.95. The predicted molar refractivity (Wildman–Crippen MR) is 72.3 cm³/mol. The third-order valence-corrected chi connectivity index (χ3v) is 3.59. The van der Waals surface area contributed by atoms with Crippen molar-refractivity contribution < 1.29 is 23.4 Å². The first-order valence-electron chi connectivity index (χ1n) is 6.56. The van der Waals surface area contributed by atoms with E-state index in [-0.39, 0.29) is 17.9 Å². The summed E-state index contributed by atoms with van der Waals surface area (Å²) in [5.41, 5.74) is 1.11. The molecular formula is C16H14F2O3. The second-order valence-electron chi connectivity index (χ2n) is 4.93. The van der Waals surface area contributed by atoms with Gasteiger partial charge in [0.1, 0.15) is 17.7 Å². The lowest BCUT2D eigenvalue weighted by molar-refractivity contribution is 0.0652. The first-order chi connectivity index (χ1) is 10.1. The van der Waals surface area contributed by atoms with E-state index in [0.717, 1.165) is 0 Å². The number of hydrogen-bond acceptors (Lipinski definition) is 3. The van der Waals surface area contributed by atoms with Gasteiger partial charge in [-0.15, -0.1) is 0 Å². The molecule has 1 N–H and O–H groups in total. The van der Waals surface area contributed by atoms with E-state index in [4.69, 9.17) is 9.47 Å². The van der Waals surface area contributed by atoms with Crippen LogP contribution in [-0.4, -0.2) is 12.2 Å². The molecule has 1 aliphatic heterocycles. The van der Waals surface area contributed by atoms with Crippen LogP contribution in [0.15, 0.2) is 36.4 Å². The summed E-state index contributed by atoms with van der Waals surface area (Å²) in [5, 5.41) is 10.1. The quantitative estimate of drug-likeness (QED) is 0.920. The van der Waals surface area contributed by atoms with Gasteiger partial charge < -0.3 is 14.6 Å². The van der Waals surface area contributed by atoms with Crippen LogP contribution in [0.2, 0.25) is 0 Å². The largest absolute Gasteiger partial charge is 0.494 e. The number of aliphatic hydroxyl groups is 1. The van der Waals surface area contributed by atoms with Gasteiger partial charge in [0.25, 0.3) is 0 Å². The van der Waals surface area contributed by atoms with Crippen LogP contribution in [0.5, 0.6) is 11.5 Å². The Kier molecular flexibility index (Phi) is 3.51. The van der Waals surface area contributed by atoms with Crippen molar-refractivity contribution in [3.05, 3.63) is 59.2 Å². The zero-order chi connectivity index (χ0) is 15.0. The number of methoxy groups -OCH3 is 1. The van der Waals surface area contributed by atoms with Gasteiger partial charge in [-0.05, 0) is 29.8 Å². The minimum atomic E-state index is -0.774. The summed E-state index contributed by atoms with van der Waals surface area (Å²) in [6, 6.07) is 8.48. The molecule has 0 amide bonds. The minimum Gasteiger partial charge on any atom is -0.494 e. The average molecular weight is 292 g/mol. The fourth-order valence-electron chi connectivity index (χ4n) is 2.50. The topological polar surface area (TPSA) is 38.7 Å². The molecule has 21 heavy (non-hydrogen) atoms. The standard InChI is InChI=1S/C16H14F2O3/c1-20-14-5-2-9(6-12(14)18)15-8-13(19)11-4-3-10(17)7-16(11)21-15/h2-7,13,15,19H,8H2,1H3. The molecule has 0 radical (unpaired) electrons. The van der Waals surface area contributed by atoms with Gasteiger partial charge in [0.2, 0.25) is 0 Å². The van der Waals surface area contributed by atoms with Crippen molar-refractivity contribution in [2.24, 2.45) is 0 Å². The van der Waals surface area contributed by atoms with Crippen LogP contribution >= 0.6 is 0 Å². The second kappa shape index (κ2) is 5.33. The van der Waals surface area contributed by atoms with E-state index in [0.29, 0.717) is 11.1 Å². The molecule has 1 aliphatic rings. The molecule has 0 bridgehead atoms. The molecule has 0 aliphatic carbocycles. The lowest BCUT2D eigenvalue weighted by Crippen LogP contribution is -2.19. The van der Waals surface area contributed by atoms with Crippen molar-refractivity contribution in [2.45, 2.75) is 18.6 Å². The molecule has 2 aromatic carbocycles. The van der Waals surface area contributed by atoms with E-state index >= 15 is 0 Å². The molecule has 0 aromatic heterocycles. The zero-order valence-corrected chi connectivity index (χ0v) is 11.3. The van der Waals surface area contributed by atoms with E-state index < -0.39 is 23.8 Å². The monoisotopic (exact) mass is 292 g/mol. The Hall–Kier alpha value is -2.14. The Labute approximate surface area is 120 Å². The fourth-order valence-corrected chi connectivity index (χ4v) is 2.50. The molecule has 2 unspecified atom stereocenters. The molecule has 5 heteroatoms. The van der Waals surface area contributed by atoms with E-state index in [9.17, 15) is 13.9 Å². The third-order valence-electron chi connectivity index (χ3n) is 3.59. The van der Waals surface area contributed by atoms with Crippen molar-refractivity contribution in [2.75, 3.05) is 7.11 Å². The maximum atomic E-state index is 13.8. The Morgan fingerprint density at radius 2 is 2.00 bits per heavy atom. The highest BCUT2D eigenvalue weighted by molar-refractivity contribution is 5.39. The van der Waals surface area contributed by atoms with Gasteiger partial charge in [0.15, 0.2) is 11.6 Å². The van der Waals surface area contributed by atoms with Crippen LogP contribution in [0.3, 0.4) is 0 Å². The molecule has 0 spiro atoms. The number of benzene rings is 2. The molecule has 1 heterocycles. The summed E-state index contributed by atoms with van der Waals surface area (Å²) in [5.74, 6) is -0.517. The Morgan fingerprint density at radius 3 is 2.71 bits per heavy atom. The highest BCUT2D eigenvalue weighted by Gasteiger charge is 2.28. The fraction of sp³-hybridized carbons (Fsp3) is 0.250. The lowest BCUT2D eigenvalue weighted by Gasteiger charge is -2.30. The summed E-state index contributed by atoms with van der Waals surface area (Å²) in [7, 11) is 1.39. The minimum absolute atomic E-state index is 0.140. The predicted octanol–water partition coefficient (Wildman–Crippen LogP) is 3.53. The molecule has 3 nitrogen and oxygen atoms in total. The first-order valence-corrected chi connectivity index (χ1v) is 6.56. The van der Waals surface area contributed by atoms with Gasteiger partial charge in [-0.1, -0.05) is 6.07 Å². The van der Waals surface area contributed by atoms with Crippen molar-refractivity contribution in [1.29, 1.82) is 0 Å². The van der Waals surface area contributed by atoms with Crippen LogP contribution in [0.4, 0.5) is 8.78 Å². The van der Waals surface area contributed by atoms with Gasteiger partial charge in [-0.25, -0.2) is 8.78 Å². The summed E-state index contributed by atoms with van der Waals surface area (Å²) < 4.78 is 37.6. The maximum Gasteiger partial charge on any atom is 0.165 e. The van der Waals surface area contributed by atoms with E-state index in [2.05, 4.69) is 0 Å². The summed E-state index contributed by atoms with van der Waals surface area (Å²) in [6.07, 6.45) is -1.02.